The van der Waals surface area contributed by atoms with Crippen molar-refractivity contribution in [3.63, 3.8) is 0 Å². The van der Waals surface area contributed by atoms with Gasteiger partial charge in [-0.15, -0.1) is 0 Å². The van der Waals surface area contributed by atoms with Gasteiger partial charge in [-0.05, 0) is 12.1 Å². The van der Waals surface area contributed by atoms with Crippen LogP contribution < -0.4 is 11.5 Å². The lowest BCUT2D eigenvalue weighted by Gasteiger charge is -2.03. The Morgan fingerprint density at radius 2 is 2.06 bits per heavy atom. The summed E-state index contributed by atoms with van der Waals surface area (Å²) in [5.74, 6) is 0.511. The van der Waals surface area contributed by atoms with Crippen LogP contribution in [0.4, 0.5) is 11.8 Å². The van der Waals surface area contributed by atoms with Crippen molar-refractivity contribution in [1.82, 2.24) is 15.1 Å². The standard InChI is InChI=1S/C11H8ClN5O/c12-7-4-15-11(14)16-9(7)5-1-2-6-8(3-5)18-17-10(6)13/h1-4H,(H2,13,17)(H2,14,15,16). The molecule has 0 saturated heterocycles. The molecule has 0 atom stereocenters. The Morgan fingerprint density at radius 1 is 1.22 bits per heavy atom. The molecule has 7 heteroatoms. The Labute approximate surface area is 107 Å². The second-order valence-corrected chi connectivity index (χ2v) is 4.11. The second kappa shape index (κ2) is 3.85. The summed E-state index contributed by atoms with van der Waals surface area (Å²) in [4.78, 5) is 7.91. The van der Waals surface area contributed by atoms with Gasteiger partial charge in [-0.3, -0.25) is 0 Å². The molecular formula is C11H8ClN5O. The molecule has 18 heavy (non-hydrogen) atoms. The van der Waals surface area contributed by atoms with Crippen LogP contribution in [0, 0.1) is 0 Å². The quantitative estimate of drug-likeness (QED) is 0.695. The highest BCUT2D eigenvalue weighted by molar-refractivity contribution is 6.33. The Bertz CT molecular complexity index is 739. The summed E-state index contributed by atoms with van der Waals surface area (Å²) in [5.41, 5.74) is 13.1. The van der Waals surface area contributed by atoms with Gasteiger partial charge in [0.1, 0.15) is 0 Å². The van der Waals surface area contributed by atoms with Crippen LogP contribution in [-0.2, 0) is 0 Å². The number of nitrogen functional groups attached to an aromatic ring is 2. The first-order valence-electron chi connectivity index (χ1n) is 5.08. The SMILES string of the molecule is Nc1ncc(Cl)c(-c2ccc3c(N)noc3c2)n1. The lowest BCUT2D eigenvalue weighted by atomic mass is 10.1. The highest BCUT2D eigenvalue weighted by atomic mass is 35.5. The molecule has 2 heterocycles. The van der Waals surface area contributed by atoms with Crippen molar-refractivity contribution < 1.29 is 4.52 Å². The van der Waals surface area contributed by atoms with E-state index in [9.17, 15) is 0 Å². The largest absolute Gasteiger partial charge is 0.380 e. The highest BCUT2D eigenvalue weighted by Crippen LogP contribution is 2.30. The van der Waals surface area contributed by atoms with Gasteiger partial charge in [0.05, 0.1) is 22.3 Å². The molecule has 0 spiro atoms. The fourth-order valence-electron chi connectivity index (χ4n) is 1.69. The summed E-state index contributed by atoms with van der Waals surface area (Å²) < 4.78 is 5.09. The van der Waals surface area contributed by atoms with Crippen LogP contribution in [0.5, 0.6) is 0 Å². The van der Waals surface area contributed by atoms with Crippen LogP contribution in [0.2, 0.25) is 5.02 Å². The zero-order chi connectivity index (χ0) is 12.7. The van der Waals surface area contributed by atoms with Crippen molar-refractivity contribution in [2.24, 2.45) is 0 Å². The predicted molar refractivity (Wildman–Crippen MR) is 68.9 cm³/mol. The molecule has 3 aromatic rings. The van der Waals surface area contributed by atoms with Crippen LogP contribution >= 0.6 is 11.6 Å². The number of hydrogen-bond acceptors (Lipinski definition) is 6. The summed E-state index contributed by atoms with van der Waals surface area (Å²) >= 11 is 6.04. The van der Waals surface area contributed by atoms with Gasteiger partial charge in [-0.2, -0.15) is 0 Å². The van der Waals surface area contributed by atoms with Crippen molar-refractivity contribution in [3.05, 3.63) is 29.4 Å². The number of rotatable bonds is 1. The fourth-order valence-corrected chi connectivity index (χ4v) is 1.89. The average molecular weight is 262 g/mol. The van der Waals surface area contributed by atoms with E-state index in [-0.39, 0.29) is 5.95 Å². The summed E-state index contributed by atoms with van der Waals surface area (Å²) in [7, 11) is 0. The molecular weight excluding hydrogens is 254 g/mol. The monoisotopic (exact) mass is 261 g/mol. The van der Waals surface area contributed by atoms with Gasteiger partial charge in [0.15, 0.2) is 11.4 Å². The van der Waals surface area contributed by atoms with Crippen LogP contribution in [0.1, 0.15) is 0 Å². The smallest absolute Gasteiger partial charge is 0.220 e. The number of fused-ring (bicyclic) bond motifs is 1. The van der Waals surface area contributed by atoms with E-state index >= 15 is 0 Å². The summed E-state index contributed by atoms with van der Waals surface area (Å²) in [5, 5.41) is 4.84. The zero-order valence-electron chi connectivity index (χ0n) is 9.09. The first-order chi connectivity index (χ1) is 8.65. The summed E-state index contributed by atoms with van der Waals surface area (Å²) in [6.07, 6.45) is 1.46. The molecule has 6 nitrogen and oxygen atoms in total. The summed E-state index contributed by atoms with van der Waals surface area (Å²) in [6.45, 7) is 0. The number of hydrogen-bond donors (Lipinski definition) is 2. The Morgan fingerprint density at radius 3 is 2.89 bits per heavy atom. The number of aromatic nitrogens is 3. The molecule has 90 valence electrons. The number of halogens is 1. The van der Waals surface area contributed by atoms with Gasteiger partial charge in [0.25, 0.3) is 0 Å². The van der Waals surface area contributed by atoms with E-state index < -0.39 is 0 Å². The predicted octanol–water partition coefficient (Wildman–Crippen LogP) is 2.10. The van der Waals surface area contributed by atoms with Crippen molar-refractivity contribution in [1.29, 1.82) is 0 Å². The van der Waals surface area contributed by atoms with Gasteiger partial charge in [-0.1, -0.05) is 22.8 Å². The normalized spacial score (nSPS) is 10.9. The maximum atomic E-state index is 6.04. The van der Waals surface area contributed by atoms with Gasteiger partial charge in [0, 0.05) is 5.56 Å². The minimum atomic E-state index is 0.159. The molecule has 2 aromatic heterocycles. The van der Waals surface area contributed by atoms with E-state index in [1.807, 2.05) is 6.07 Å². The van der Waals surface area contributed by atoms with Gasteiger partial charge < -0.3 is 16.0 Å². The number of nitrogens with two attached hydrogens (primary N) is 2. The van der Waals surface area contributed by atoms with E-state index in [0.717, 1.165) is 10.9 Å². The minimum absolute atomic E-state index is 0.159. The van der Waals surface area contributed by atoms with E-state index in [2.05, 4.69) is 15.1 Å². The van der Waals surface area contributed by atoms with Gasteiger partial charge in [-0.25, -0.2) is 9.97 Å². The first-order valence-corrected chi connectivity index (χ1v) is 5.46. The topological polar surface area (TPSA) is 104 Å². The van der Waals surface area contributed by atoms with Gasteiger partial charge >= 0.3 is 0 Å². The van der Waals surface area contributed by atoms with E-state index in [1.165, 1.54) is 6.20 Å². The number of benzene rings is 1. The summed E-state index contributed by atoms with van der Waals surface area (Å²) in [6, 6.07) is 5.38. The van der Waals surface area contributed by atoms with Crippen molar-refractivity contribution in [2.45, 2.75) is 0 Å². The van der Waals surface area contributed by atoms with Gasteiger partial charge in [0.2, 0.25) is 5.95 Å². The number of nitrogens with zero attached hydrogens (tertiary/aromatic N) is 3. The molecule has 0 saturated carbocycles. The molecule has 1 aromatic carbocycles. The molecule has 0 aliphatic rings. The maximum absolute atomic E-state index is 6.04. The van der Waals surface area contributed by atoms with Crippen LogP contribution in [0.25, 0.3) is 22.2 Å². The molecule has 0 aliphatic carbocycles. The van der Waals surface area contributed by atoms with E-state index in [0.29, 0.717) is 22.1 Å². The lowest BCUT2D eigenvalue weighted by Crippen LogP contribution is -1.96. The van der Waals surface area contributed by atoms with Crippen LogP contribution in [0.15, 0.2) is 28.9 Å². The third-order valence-corrected chi connectivity index (χ3v) is 2.81. The maximum Gasteiger partial charge on any atom is 0.220 e. The van der Waals surface area contributed by atoms with Crippen LogP contribution in [-0.4, -0.2) is 15.1 Å². The van der Waals surface area contributed by atoms with Crippen LogP contribution in [0.3, 0.4) is 0 Å². The molecule has 0 amide bonds. The molecule has 0 bridgehead atoms. The molecule has 3 rings (SSSR count). The number of anilines is 2. The molecule has 0 aliphatic heterocycles. The van der Waals surface area contributed by atoms with E-state index in [4.69, 9.17) is 27.6 Å². The lowest BCUT2D eigenvalue weighted by molar-refractivity contribution is 0.460. The Hall–Kier alpha value is -2.34. The zero-order valence-corrected chi connectivity index (χ0v) is 9.85. The first kappa shape index (κ1) is 10.8. The third kappa shape index (κ3) is 1.63. The molecule has 0 radical (unpaired) electrons. The van der Waals surface area contributed by atoms with Crippen molar-refractivity contribution >= 4 is 34.3 Å². The fraction of sp³-hybridized carbons (Fsp3) is 0. The van der Waals surface area contributed by atoms with Crippen molar-refractivity contribution in [3.8, 4) is 11.3 Å². The third-order valence-electron chi connectivity index (χ3n) is 2.54. The Balaban J connectivity index is 2.22. The second-order valence-electron chi connectivity index (χ2n) is 3.70. The average Bonchev–Trinajstić information content (AvgIpc) is 2.74. The molecule has 4 N–H and O–H groups in total. The minimum Gasteiger partial charge on any atom is -0.380 e. The van der Waals surface area contributed by atoms with Crippen molar-refractivity contribution in [2.75, 3.05) is 11.5 Å². The Kier molecular flexibility index (Phi) is 2.31. The molecule has 0 unspecified atom stereocenters. The highest BCUT2D eigenvalue weighted by Gasteiger charge is 2.10. The van der Waals surface area contributed by atoms with E-state index in [1.54, 1.807) is 12.1 Å². The molecule has 0 fully saturated rings.